The molecule has 19 heteroatoms. The molecule has 53 heavy (non-hydrogen) atoms. The Morgan fingerprint density at radius 2 is 1.51 bits per heavy atom. The number of hydrogen-bond acceptors (Lipinski definition) is 16. The maximum atomic E-state index is 11.8. The lowest BCUT2D eigenvalue weighted by Crippen LogP contribution is -2.21. The summed E-state index contributed by atoms with van der Waals surface area (Å²) in [4.78, 5) is 47.9. The average molecular weight is 840 g/mol. The number of nitrogens with two attached hydrogens (primary N) is 4. The van der Waals surface area contributed by atoms with E-state index in [1.54, 1.807) is 34.4 Å². The molecule has 0 radical (unpaired) electrons. The number of thioether (sulfide) groups is 1. The van der Waals surface area contributed by atoms with E-state index in [0.717, 1.165) is 96.3 Å². The van der Waals surface area contributed by atoms with E-state index in [2.05, 4.69) is 60.1 Å². The number of rotatable bonds is 6. The van der Waals surface area contributed by atoms with Crippen LogP contribution in [0.25, 0.3) is 41.3 Å². The van der Waals surface area contributed by atoms with Gasteiger partial charge >= 0.3 is 0 Å². The summed E-state index contributed by atoms with van der Waals surface area (Å²) < 4.78 is 0. The molecule has 2 amide bonds. The van der Waals surface area contributed by atoms with Gasteiger partial charge in [-0.3, -0.25) is 14.6 Å². The number of pyridine rings is 2. The number of anilines is 2. The number of thiophene rings is 4. The fourth-order valence-electron chi connectivity index (χ4n) is 6.33. The number of aliphatic imine (C=N–C) groups is 2. The van der Waals surface area contributed by atoms with Crippen molar-refractivity contribution in [3.63, 3.8) is 0 Å². The molecule has 0 saturated heterocycles. The fraction of sp³-hybridized carbons (Fsp3) is 0.235. The number of carbonyl (C=O) groups excluding carboxylic acids is 2. The second kappa shape index (κ2) is 16.2. The molecule has 0 fully saturated rings. The number of hydrogen-bond donors (Lipinski definition) is 5. The van der Waals surface area contributed by atoms with Gasteiger partial charge in [-0.15, -0.1) is 56.9 Å². The van der Waals surface area contributed by atoms with Crippen molar-refractivity contribution in [3.05, 3.63) is 67.3 Å². The maximum absolute atomic E-state index is 11.8. The van der Waals surface area contributed by atoms with E-state index in [1.165, 1.54) is 33.8 Å². The molecule has 0 spiro atoms. The number of nitrogens with zero attached hydrogens (tertiary/aromatic N) is 5. The number of halogens is 1. The SMILES string of the molecule is NC(=O)c1sc2nc3c(c(-c4cccs4)c2c1N)CN(C1=NCCS1)C3.NC(=O)c1sc2nc3c(c(-c4cccs4)c2c1N)CNC3.S=C=NCCCl. The minimum atomic E-state index is -0.499. The first-order valence-corrected chi connectivity index (χ1v) is 21.4. The number of aromatic nitrogens is 2. The van der Waals surface area contributed by atoms with Crippen molar-refractivity contribution in [1.29, 1.82) is 0 Å². The summed E-state index contributed by atoms with van der Waals surface area (Å²) in [6.45, 7) is 4.48. The highest BCUT2D eigenvalue weighted by Crippen LogP contribution is 2.46. The number of primary amides is 2. The van der Waals surface area contributed by atoms with E-state index >= 15 is 0 Å². The van der Waals surface area contributed by atoms with Crippen LogP contribution in [0.3, 0.4) is 0 Å². The van der Waals surface area contributed by atoms with Crippen molar-refractivity contribution in [2.75, 3.05) is 36.2 Å². The van der Waals surface area contributed by atoms with Crippen LogP contribution in [0.5, 0.6) is 0 Å². The molecule has 9 heterocycles. The number of amides is 2. The normalized spacial score (nSPS) is 14.2. The molecule has 0 atom stereocenters. The van der Waals surface area contributed by atoms with Crippen molar-refractivity contribution in [3.8, 4) is 20.9 Å². The van der Waals surface area contributed by atoms with Crippen LogP contribution in [0.2, 0.25) is 0 Å². The van der Waals surface area contributed by atoms with Gasteiger partial charge in [0.2, 0.25) is 0 Å². The summed E-state index contributed by atoms with van der Waals surface area (Å²) in [6, 6.07) is 8.20. The van der Waals surface area contributed by atoms with Crippen molar-refractivity contribution in [1.82, 2.24) is 20.2 Å². The molecular formula is C34H31ClN10O2S6. The van der Waals surface area contributed by atoms with Gasteiger partial charge in [-0.05, 0) is 40.7 Å². The van der Waals surface area contributed by atoms with E-state index < -0.39 is 11.8 Å². The average Bonchev–Trinajstić information content (AvgIpc) is 3.98. The highest BCUT2D eigenvalue weighted by Gasteiger charge is 2.32. The predicted molar refractivity (Wildman–Crippen MR) is 227 cm³/mol. The van der Waals surface area contributed by atoms with Crippen molar-refractivity contribution in [2.45, 2.75) is 26.2 Å². The smallest absolute Gasteiger partial charge is 0.260 e. The maximum Gasteiger partial charge on any atom is 0.260 e. The molecule has 0 saturated carbocycles. The van der Waals surface area contributed by atoms with Gasteiger partial charge in [-0.1, -0.05) is 23.9 Å². The van der Waals surface area contributed by atoms with Crippen LogP contribution in [0.15, 0.2) is 45.0 Å². The van der Waals surface area contributed by atoms with E-state index in [0.29, 0.717) is 33.6 Å². The minimum absolute atomic E-state index is 0.390. The second-order valence-corrected chi connectivity index (χ2v) is 17.2. The number of thiocarbonyl (C=S) groups is 1. The summed E-state index contributed by atoms with van der Waals surface area (Å²) in [5.41, 5.74) is 31.0. The molecule has 0 aliphatic carbocycles. The molecule has 0 unspecified atom stereocenters. The van der Waals surface area contributed by atoms with Gasteiger partial charge in [0.25, 0.3) is 11.8 Å². The highest BCUT2D eigenvalue weighted by molar-refractivity contribution is 8.14. The summed E-state index contributed by atoms with van der Waals surface area (Å²) >= 11 is 17.1. The largest absolute Gasteiger partial charge is 0.397 e. The lowest BCUT2D eigenvalue weighted by Gasteiger charge is -2.15. The summed E-state index contributed by atoms with van der Waals surface area (Å²) in [5.74, 6) is 0.577. The van der Waals surface area contributed by atoms with Crippen molar-refractivity contribution >= 4 is 135 Å². The van der Waals surface area contributed by atoms with Gasteiger partial charge in [-0.2, -0.15) is 0 Å². The van der Waals surface area contributed by atoms with E-state index in [-0.39, 0.29) is 0 Å². The summed E-state index contributed by atoms with van der Waals surface area (Å²) in [7, 11) is 0. The monoisotopic (exact) mass is 838 g/mol. The molecule has 0 aromatic carbocycles. The Bertz CT molecular complexity index is 2430. The minimum Gasteiger partial charge on any atom is -0.397 e. The first-order valence-electron chi connectivity index (χ1n) is 16.1. The first kappa shape index (κ1) is 37.3. The van der Waals surface area contributed by atoms with Crippen LogP contribution in [0, 0.1) is 0 Å². The number of nitrogens with one attached hydrogen (secondary N) is 1. The van der Waals surface area contributed by atoms with Crippen LogP contribution in [-0.4, -0.2) is 61.7 Å². The summed E-state index contributed by atoms with van der Waals surface area (Å²) in [6.07, 6.45) is 0. The molecule has 0 bridgehead atoms. The number of carbonyl (C=O) groups is 2. The third-order valence-electron chi connectivity index (χ3n) is 8.49. The number of nitrogen functional groups attached to an aromatic ring is 2. The van der Waals surface area contributed by atoms with Gasteiger partial charge < -0.3 is 33.2 Å². The topological polar surface area (TPSA) is 204 Å². The Hall–Kier alpha value is -3.97. The molecule has 6 aromatic rings. The molecule has 3 aliphatic heterocycles. The van der Waals surface area contributed by atoms with E-state index in [4.69, 9.17) is 39.5 Å². The number of amidine groups is 1. The Balaban J connectivity index is 0.000000145. The van der Waals surface area contributed by atoms with Gasteiger partial charge in [-0.25, -0.2) is 15.0 Å². The predicted octanol–water partition coefficient (Wildman–Crippen LogP) is 6.76. The zero-order valence-corrected chi connectivity index (χ0v) is 33.5. The Labute approximate surface area is 334 Å². The molecule has 12 nitrogen and oxygen atoms in total. The number of isothiocyanates is 1. The lowest BCUT2D eigenvalue weighted by molar-refractivity contribution is 0.0996. The van der Waals surface area contributed by atoms with Gasteiger partial charge in [0.1, 0.15) is 19.4 Å². The van der Waals surface area contributed by atoms with Gasteiger partial charge in [0, 0.05) is 68.5 Å². The molecule has 272 valence electrons. The second-order valence-electron chi connectivity index (χ2n) is 11.7. The summed E-state index contributed by atoms with van der Waals surface area (Å²) in [5, 5.41) is 12.4. The highest BCUT2D eigenvalue weighted by atomic mass is 35.5. The van der Waals surface area contributed by atoms with E-state index in [1.807, 2.05) is 17.5 Å². The van der Waals surface area contributed by atoms with E-state index in [9.17, 15) is 9.59 Å². The zero-order valence-electron chi connectivity index (χ0n) is 27.8. The quantitative estimate of drug-likeness (QED) is 0.0677. The van der Waals surface area contributed by atoms with Crippen molar-refractivity contribution < 1.29 is 9.59 Å². The standard InChI is InChI=1S/C17H15N5OS3.C14H12N4OS2.C3H4ClNS/c18-13-12-11(10-2-1-4-24-10)8-6-22(17-20-3-5-25-17)7-9(8)21-16(12)26-14(13)15(19)23;15-11-10-9(8-2-1-3-20-8)6-4-17-5-7(6)18-14(10)21-12(11)13(16)19;4-1-2-5-3-6/h1-2,4H,3,5-7,18H2,(H2,19,23);1-3,17H,4-5,15H2,(H2,16,19);1-2H2. The number of fused-ring (bicyclic) bond motifs is 4. The van der Waals surface area contributed by atoms with Gasteiger partial charge in [0.15, 0.2) is 5.17 Å². The fourth-order valence-corrected chi connectivity index (χ4v) is 10.9. The molecule has 9 rings (SSSR count). The zero-order chi connectivity index (χ0) is 37.2. The van der Waals surface area contributed by atoms with Crippen LogP contribution < -0.4 is 28.3 Å². The van der Waals surface area contributed by atoms with Crippen LogP contribution >= 0.6 is 80.9 Å². The number of alkyl halides is 1. The Kier molecular flexibility index (Phi) is 11.4. The molecule has 6 aromatic heterocycles. The lowest BCUT2D eigenvalue weighted by atomic mass is 10.0. The molecule has 3 aliphatic rings. The molecule has 9 N–H and O–H groups in total. The van der Waals surface area contributed by atoms with Gasteiger partial charge in [0.05, 0.1) is 47.6 Å². The van der Waals surface area contributed by atoms with Crippen molar-refractivity contribution in [2.24, 2.45) is 21.5 Å². The van der Waals surface area contributed by atoms with Crippen LogP contribution in [0.4, 0.5) is 11.4 Å². The Morgan fingerprint density at radius 1 is 0.906 bits per heavy atom. The third kappa shape index (κ3) is 7.30. The Morgan fingerprint density at radius 3 is 2.00 bits per heavy atom. The van der Waals surface area contributed by atoms with Crippen LogP contribution in [0.1, 0.15) is 41.9 Å². The van der Waals surface area contributed by atoms with Crippen LogP contribution in [-0.2, 0) is 26.2 Å². The molecular weight excluding hydrogens is 808 g/mol. The first-order chi connectivity index (χ1) is 25.7. The third-order valence-corrected chi connectivity index (χ3v) is 13.8.